The van der Waals surface area contributed by atoms with E-state index in [1.807, 2.05) is 30.3 Å². The van der Waals surface area contributed by atoms with Gasteiger partial charge in [-0.25, -0.2) is 0 Å². The van der Waals surface area contributed by atoms with Gasteiger partial charge in [-0.2, -0.15) is 5.26 Å². The van der Waals surface area contributed by atoms with Gasteiger partial charge in [-0.05, 0) is 36.4 Å². The van der Waals surface area contributed by atoms with Gasteiger partial charge in [-0.1, -0.05) is 23.7 Å². The number of rotatable bonds is 2. The van der Waals surface area contributed by atoms with Crippen molar-refractivity contribution in [1.82, 2.24) is 4.90 Å². The van der Waals surface area contributed by atoms with Crippen molar-refractivity contribution in [3.05, 3.63) is 59.1 Å². The van der Waals surface area contributed by atoms with Crippen molar-refractivity contribution < 1.29 is 9.59 Å². The molecular weight excluding hydrogens is 352 g/mol. The summed E-state index contributed by atoms with van der Waals surface area (Å²) in [7, 11) is 0. The molecule has 26 heavy (non-hydrogen) atoms. The fourth-order valence-electron chi connectivity index (χ4n) is 2.84. The van der Waals surface area contributed by atoms with Crippen LogP contribution in [0.1, 0.15) is 5.56 Å². The highest BCUT2D eigenvalue weighted by molar-refractivity contribution is 6.39. The molecule has 2 amide bonds. The van der Waals surface area contributed by atoms with E-state index < -0.39 is 11.8 Å². The zero-order valence-electron chi connectivity index (χ0n) is 14.0. The number of anilines is 2. The first-order valence-electron chi connectivity index (χ1n) is 8.18. The quantitative estimate of drug-likeness (QED) is 0.826. The topological polar surface area (TPSA) is 76.4 Å². The molecule has 1 aliphatic heterocycles. The average molecular weight is 369 g/mol. The molecule has 0 bridgehead atoms. The van der Waals surface area contributed by atoms with Crippen molar-refractivity contribution in [2.75, 3.05) is 36.4 Å². The molecule has 0 aliphatic carbocycles. The molecule has 1 N–H and O–H groups in total. The number of carbonyl (C=O) groups excluding carboxylic acids is 2. The first-order chi connectivity index (χ1) is 12.6. The van der Waals surface area contributed by atoms with Crippen molar-refractivity contribution in [3.63, 3.8) is 0 Å². The first kappa shape index (κ1) is 17.8. The third-order valence-electron chi connectivity index (χ3n) is 4.18. The molecule has 0 radical (unpaired) electrons. The molecule has 0 saturated carbocycles. The highest BCUT2D eigenvalue weighted by atomic mass is 35.5. The summed E-state index contributed by atoms with van der Waals surface area (Å²) in [5.41, 5.74) is 1.85. The molecule has 0 aromatic heterocycles. The molecule has 1 aliphatic rings. The molecule has 1 fully saturated rings. The zero-order valence-corrected chi connectivity index (χ0v) is 14.7. The van der Waals surface area contributed by atoms with E-state index in [-0.39, 0.29) is 0 Å². The van der Waals surface area contributed by atoms with Gasteiger partial charge in [-0.15, -0.1) is 0 Å². The molecule has 7 heteroatoms. The lowest BCUT2D eigenvalue weighted by Crippen LogP contribution is -2.51. The van der Waals surface area contributed by atoms with Gasteiger partial charge in [0, 0.05) is 42.6 Å². The fraction of sp³-hybridized carbons (Fsp3) is 0.211. The van der Waals surface area contributed by atoms with Crippen LogP contribution in [0.15, 0.2) is 48.5 Å². The summed E-state index contributed by atoms with van der Waals surface area (Å²) in [6.45, 7) is 2.17. The van der Waals surface area contributed by atoms with E-state index in [0.717, 1.165) is 5.69 Å². The smallest absolute Gasteiger partial charge is 0.313 e. The van der Waals surface area contributed by atoms with E-state index in [4.69, 9.17) is 16.9 Å². The maximum absolute atomic E-state index is 12.4. The standard InChI is InChI=1S/C19H17ClN4O2/c20-15-4-2-6-17(12-15)23-7-9-24(10-8-23)19(26)18(25)22-16-5-1-3-14(11-16)13-21/h1-6,11-12H,7-10H2,(H,22,25). The summed E-state index contributed by atoms with van der Waals surface area (Å²) in [6.07, 6.45) is 0. The SMILES string of the molecule is N#Cc1cccc(NC(=O)C(=O)N2CCN(c3cccc(Cl)c3)CC2)c1. The third-order valence-corrected chi connectivity index (χ3v) is 4.42. The van der Waals surface area contributed by atoms with E-state index in [1.54, 1.807) is 18.2 Å². The van der Waals surface area contributed by atoms with Gasteiger partial charge in [0.1, 0.15) is 0 Å². The van der Waals surface area contributed by atoms with Gasteiger partial charge < -0.3 is 15.1 Å². The predicted molar refractivity (Wildman–Crippen MR) is 100 cm³/mol. The molecule has 132 valence electrons. The number of carbonyl (C=O) groups is 2. The molecule has 2 aromatic rings. The van der Waals surface area contributed by atoms with Crippen molar-refractivity contribution in [3.8, 4) is 6.07 Å². The van der Waals surface area contributed by atoms with Crippen molar-refractivity contribution in [2.24, 2.45) is 0 Å². The summed E-state index contributed by atoms with van der Waals surface area (Å²) in [5.74, 6) is -1.27. The lowest BCUT2D eigenvalue weighted by Gasteiger charge is -2.35. The van der Waals surface area contributed by atoms with Crippen molar-refractivity contribution in [1.29, 1.82) is 5.26 Å². The Morgan fingerprint density at radius 3 is 2.46 bits per heavy atom. The Morgan fingerprint density at radius 1 is 1.04 bits per heavy atom. The summed E-state index contributed by atoms with van der Waals surface area (Å²) in [5, 5.41) is 12.1. The Hall–Kier alpha value is -3.04. The van der Waals surface area contributed by atoms with Crippen LogP contribution >= 0.6 is 11.6 Å². The monoisotopic (exact) mass is 368 g/mol. The highest BCUT2D eigenvalue weighted by Crippen LogP contribution is 2.21. The molecule has 0 unspecified atom stereocenters. The Kier molecular flexibility index (Phi) is 5.40. The number of amides is 2. The van der Waals surface area contributed by atoms with Crippen LogP contribution in [-0.4, -0.2) is 42.9 Å². The largest absolute Gasteiger partial charge is 0.368 e. The Balaban J connectivity index is 1.57. The van der Waals surface area contributed by atoms with Crippen molar-refractivity contribution in [2.45, 2.75) is 0 Å². The van der Waals surface area contributed by atoms with Crippen LogP contribution in [0.3, 0.4) is 0 Å². The van der Waals surface area contributed by atoms with Gasteiger partial charge in [0.2, 0.25) is 0 Å². The van der Waals surface area contributed by atoms with E-state index >= 15 is 0 Å². The molecule has 3 rings (SSSR count). The second kappa shape index (κ2) is 7.89. The average Bonchev–Trinajstić information content (AvgIpc) is 2.67. The van der Waals surface area contributed by atoms with Crippen LogP contribution in [0.2, 0.25) is 5.02 Å². The Labute approximate surface area is 156 Å². The number of nitrogens with one attached hydrogen (secondary N) is 1. The van der Waals surface area contributed by atoms with Gasteiger partial charge >= 0.3 is 11.8 Å². The molecular formula is C19H17ClN4O2. The van der Waals surface area contributed by atoms with E-state index in [2.05, 4.69) is 10.2 Å². The normalized spacial score (nSPS) is 13.8. The number of nitriles is 1. The zero-order chi connectivity index (χ0) is 18.5. The number of nitrogens with zero attached hydrogens (tertiary/aromatic N) is 3. The maximum Gasteiger partial charge on any atom is 0.313 e. The molecule has 1 heterocycles. The second-order valence-electron chi connectivity index (χ2n) is 5.91. The number of halogens is 1. The number of hydrogen-bond donors (Lipinski definition) is 1. The lowest BCUT2D eigenvalue weighted by atomic mass is 10.2. The van der Waals surface area contributed by atoms with Crippen molar-refractivity contribution >= 4 is 34.8 Å². The van der Waals surface area contributed by atoms with Gasteiger partial charge in [0.25, 0.3) is 0 Å². The molecule has 2 aromatic carbocycles. The number of piperazine rings is 1. The third kappa shape index (κ3) is 4.13. The minimum absolute atomic E-state index is 0.422. The summed E-state index contributed by atoms with van der Waals surface area (Å²) in [4.78, 5) is 28.2. The van der Waals surface area contributed by atoms with Crippen LogP contribution in [0.5, 0.6) is 0 Å². The van der Waals surface area contributed by atoms with Crippen LogP contribution in [0, 0.1) is 11.3 Å². The molecule has 6 nitrogen and oxygen atoms in total. The van der Waals surface area contributed by atoms with E-state index in [0.29, 0.717) is 42.5 Å². The number of benzene rings is 2. The lowest BCUT2D eigenvalue weighted by molar-refractivity contribution is -0.143. The first-order valence-corrected chi connectivity index (χ1v) is 8.55. The molecule has 1 saturated heterocycles. The summed E-state index contributed by atoms with van der Waals surface area (Å²) >= 11 is 6.02. The predicted octanol–water partition coefficient (Wildman–Crippen LogP) is 2.50. The van der Waals surface area contributed by atoms with Crippen LogP contribution in [0.25, 0.3) is 0 Å². The van der Waals surface area contributed by atoms with Gasteiger partial charge in [-0.3, -0.25) is 9.59 Å². The molecule has 0 atom stereocenters. The Bertz CT molecular complexity index is 870. The van der Waals surface area contributed by atoms with E-state index in [9.17, 15) is 9.59 Å². The van der Waals surface area contributed by atoms with Gasteiger partial charge in [0.05, 0.1) is 11.6 Å². The highest BCUT2D eigenvalue weighted by Gasteiger charge is 2.26. The van der Waals surface area contributed by atoms with Crippen LogP contribution < -0.4 is 10.2 Å². The minimum atomic E-state index is -0.698. The van der Waals surface area contributed by atoms with Gasteiger partial charge in [0.15, 0.2) is 0 Å². The molecule has 0 spiro atoms. The fourth-order valence-corrected chi connectivity index (χ4v) is 3.02. The maximum atomic E-state index is 12.4. The van der Waals surface area contributed by atoms with Crippen LogP contribution in [-0.2, 0) is 9.59 Å². The van der Waals surface area contributed by atoms with E-state index in [1.165, 1.54) is 11.0 Å². The minimum Gasteiger partial charge on any atom is -0.368 e. The second-order valence-corrected chi connectivity index (χ2v) is 6.34. The summed E-state index contributed by atoms with van der Waals surface area (Å²) in [6, 6.07) is 16.0. The Morgan fingerprint density at radius 2 is 1.77 bits per heavy atom. The number of hydrogen-bond acceptors (Lipinski definition) is 4. The van der Waals surface area contributed by atoms with Crippen LogP contribution in [0.4, 0.5) is 11.4 Å². The summed E-state index contributed by atoms with van der Waals surface area (Å²) < 4.78 is 0.